The Bertz CT molecular complexity index is 1210. The predicted octanol–water partition coefficient (Wildman–Crippen LogP) is 4.20. The molecule has 0 bridgehead atoms. The standard InChI is InChI=1S/C21H20FN7OS/c22-14-7-5-13(6-8-14)20-24-17-10-9-15(11-18(17)25-20)23-19(30)12-31-21-26-27-28-29(21)16-3-1-2-4-16/h5-11,16H,1-4,12H2,(H,23,30)(H,24,25). The third kappa shape index (κ3) is 4.29. The molecule has 2 N–H and O–H groups in total. The van der Waals surface area contributed by atoms with Crippen LogP contribution in [-0.4, -0.2) is 41.8 Å². The van der Waals surface area contributed by atoms with Gasteiger partial charge in [-0.3, -0.25) is 4.79 Å². The van der Waals surface area contributed by atoms with Gasteiger partial charge in [-0.15, -0.1) is 5.10 Å². The minimum atomic E-state index is -0.292. The van der Waals surface area contributed by atoms with E-state index in [1.165, 1.54) is 36.7 Å². The molecular weight excluding hydrogens is 417 g/mol. The molecule has 2 aromatic carbocycles. The molecule has 0 atom stereocenters. The number of fused-ring (bicyclic) bond motifs is 1. The second kappa shape index (κ2) is 8.46. The van der Waals surface area contributed by atoms with Crippen molar-refractivity contribution in [2.75, 3.05) is 11.1 Å². The molecule has 4 aromatic rings. The number of nitrogens with one attached hydrogen (secondary N) is 2. The van der Waals surface area contributed by atoms with Crippen molar-refractivity contribution in [3.05, 3.63) is 48.3 Å². The summed E-state index contributed by atoms with van der Waals surface area (Å²) in [6, 6.07) is 12.0. The fraction of sp³-hybridized carbons (Fsp3) is 0.286. The van der Waals surface area contributed by atoms with Gasteiger partial charge < -0.3 is 10.3 Å². The number of carbonyl (C=O) groups is 1. The molecule has 2 heterocycles. The van der Waals surface area contributed by atoms with Crippen LogP contribution in [0.25, 0.3) is 22.4 Å². The van der Waals surface area contributed by atoms with Gasteiger partial charge in [0.2, 0.25) is 11.1 Å². The highest BCUT2D eigenvalue weighted by atomic mass is 32.2. The molecule has 2 aromatic heterocycles. The van der Waals surface area contributed by atoms with Crippen molar-refractivity contribution in [1.29, 1.82) is 0 Å². The fourth-order valence-electron chi connectivity index (χ4n) is 3.82. The van der Waals surface area contributed by atoms with Crippen molar-refractivity contribution in [1.82, 2.24) is 30.2 Å². The van der Waals surface area contributed by atoms with Gasteiger partial charge >= 0.3 is 0 Å². The second-order valence-corrected chi connectivity index (χ2v) is 8.45. The molecule has 158 valence electrons. The number of hydrogen-bond donors (Lipinski definition) is 2. The number of carbonyl (C=O) groups excluding carboxylic acids is 1. The van der Waals surface area contributed by atoms with E-state index in [9.17, 15) is 9.18 Å². The number of amides is 1. The lowest BCUT2D eigenvalue weighted by Gasteiger charge is -2.10. The Kier molecular flexibility index (Phi) is 5.37. The Morgan fingerprint density at radius 1 is 1.19 bits per heavy atom. The topological polar surface area (TPSA) is 101 Å². The molecule has 1 amide bonds. The van der Waals surface area contributed by atoms with E-state index in [1.54, 1.807) is 12.1 Å². The van der Waals surface area contributed by atoms with Gasteiger partial charge in [0.1, 0.15) is 11.6 Å². The maximum atomic E-state index is 13.1. The van der Waals surface area contributed by atoms with Crippen molar-refractivity contribution in [3.8, 4) is 11.4 Å². The van der Waals surface area contributed by atoms with Crippen LogP contribution in [0.1, 0.15) is 31.7 Å². The van der Waals surface area contributed by atoms with Crippen molar-refractivity contribution < 1.29 is 9.18 Å². The summed E-state index contributed by atoms with van der Waals surface area (Å²) in [4.78, 5) is 20.2. The summed E-state index contributed by atoms with van der Waals surface area (Å²) >= 11 is 1.34. The lowest BCUT2D eigenvalue weighted by Crippen LogP contribution is -2.15. The average molecular weight is 438 g/mol. The van der Waals surface area contributed by atoms with E-state index < -0.39 is 0 Å². The number of tetrazole rings is 1. The van der Waals surface area contributed by atoms with Crippen molar-refractivity contribution in [2.45, 2.75) is 36.9 Å². The van der Waals surface area contributed by atoms with Crippen LogP contribution in [-0.2, 0) is 4.79 Å². The number of rotatable bonds is 6. The van der Waals surface area contributed by atoms with E-state index in [-0.39, 0.29) is 17.5 Å². The van der Waals surface area contributed by atoms with E-state index >= 15 is 0 Å². The van der Waals surface area contributed by atoms with Crippen LogP contribution in [0, 0.1) is 5.82 Å². The highest BCUT2D eigenvalue weighted by Crippen LogP contribution is 2.31. The molecule has 0 unspecified atom stereocenters. The van der Waals surface area contributed by atoms with Crippen LogP contribution in [0.2, 0.25) is 0 Å². The lowest BCUT2D eigenvalue weighted by molar-refractivity contribution is -0.113. The number of benzene rings is 2. The molecule has 1 fully saturated rings. The summed E-state index contributed by atoms with van der Waals surface area (Å²) in [6.07, 6.45) is 4.53. The van der Waals surface area contributed by atoms with Crippen LogP contribution < -0.4 is 5.32 Å². The van der Waals surface area contributed by atoms with E-state index in [0.717, 1.165) is 29.4 Å². The van der Waals surface area contributed by atoms with Crippen LogP contribution in [0.15, 0.2) is 47.6 Å². The van der Waals surface area contributed by atoms with E-state index in [0.29, 0.717) is 22.7 Å². The van der Waals surface area contributed by atoms with Gasteiger partial charge in [0.15, 0.2) is 0 Å². The van der Waals surface area contributed by atoms with Crippen LogP contribution >= 0.6 is 11.8 Å². The number of nitrogens with zero attached hydrogens (tertiary/aromatic N) is 5. The van der Waals surface area contributed by atoms with Gasteiger partial charge in [-0.1, -0.05) is 24.6 Å². The number of anilines is 1. The molecule has 0 aliphatic heterocycles. The molecule has 1 aliphatic rings. The quantitative estimate of drug-likeness (QED) is 0.439. The van der Waals surface area contributed by atoms with Gasteiger partial charge in [0.25, 0.3) is 0 Å². The molecule has 10 heteroatoms. The maximum Gasteiger partial charge on any atom is 0.234 e. The van der Waals surface area contributed by atoms with Crippen molar-refractivity contribution >= 4 is 34.4 Å². The minimum absolute atomic E-state index is 0.136. The van der Waals surface area contributed by atoms with Crippen molar-refractivity contribution in [3.63, 3.8) is 0 Å². The van der Waals surface area contributed by atoms with E-state index in [2.05, 4.69) is 30.8 Å². The van der Waals surface area contributed by atoms with Crippen molar-refractivity contribution in [2.24, 2.45) is 0 Å². The molecule has 1 aliphatic carbocycles. The van der Waals surface area contributed by atoms with Crippen LogP contribution in [0.5, 0.6) is 0 Å². The monoisotopic (exact) mass is 437 g/mol. The van der Waals surface area contributed by atoms with Gasteiger partial charge in [-0.2, -0.15) is 0 Å². The SMILES string of the molecule is O=C(CSc1nnnn1C1CCCC1)Nc1ccc2nc(-c3ccc(F)cc3)[nH]c2c1. The Morgan fingerprint density at radius 2 is 2.00 bits per heavy atom. The molecule has 0 radical (unpaired) electrons. The third-order valence-electron chi connectivity index (χ3n) is 5.35. The van der Waals surface area contributed by atoms with Gasteiger partial charge in [-0.25, -0.2) is 14.1 Å². The molecule has 1 saturated carbocycles. The number of hydrogen-bond acceptors (Lipinski definition) is 6. The number of thioether (sulfide) groups is 1. The minimum Gasteiger partial charge on any atom is -0.338 e. The van der Waals surface area contributed by atoms with E-state index in [1.807, 2.05) is 22.9 Å². The van der Waals surface area contributed by atoms with Crippen LogP contribution in [0.3, 0.4) is 0 Å². The fourth-order valence-corrected chi connectivity index (χ4v) is 4.56. The number of aromatic amines is 1. The predicted molar refractivity (Wildman–Crippen MR) is 116 cm³/mol. The smallest absolute Gasteiger partial charge is 0.234 e. The Hall–Kier alpha value is -3.27. The number of halogens is 1. The Labute approximate surface area is 181 Å². The summed E-state index contributed by atoms with van der Waals surface area (Å²) < 4.78 is 15.0. The zero-order valence-electron chi connectivity index (χ0n) is 16.6. The van der Waals surface area contributed by atoms with Gasteiger partial charge in [0.05, 0.1) is 22.8 Å². The molecule has 0 saturated heterocycles. The first-order valence-electron chi connectivity index (χ1n) is 10.1. The maximum absolute atomic E-state index is 13.1. The first kappa shape index (κ1) is 19.7. The number of aromatic nitrogens is 6. The van der Waals surface area contributed by atoms with Gasteiger partial charge in [-0.05, 0) is 65.7 Å². The molecule has 0 spiro atoms. The first-order valence-corrected chi connectivity index (χ1v) is 11.1. The third-order valence-corrected chi connectivity index (χ3v) is 6.28. The Morgan fingerprint density at radius 3 is 2.81 bits per heavy atom. The van der Waals surface area contributed by atoms with E-state index in [4.69, 9.17) is 0 Å². The molecule has 31 heavy (non-hydrogen) atoms. The summed E-state index contributed by atoms with van der Waals surface area (Å²) in [5, 5.41) is 15.5. The lowest BCUT2D eigenvalue weighted by atomic mass is 10.2. The zero-order chi connectivity index (χ0) is 21.2. The summed E-state index contributed by atoms with van der Waals surface area (Å²) in [6.45, 7) is 0. The normalized spacial score (nSPS) is 14.4. The zero-order valence-corrected chi connectivity index (χ0v) is 17.4. The number of H-pyrrole nitrogens is 1. The molecular formula is C21H20FN7OS. The van der Waals surface area contributed by atoms with Crippen LogP contribution in [0.4, 0.5) is 10.1 Å². The van der Waals surface area contributed by atoms with Gasteiger partial charge in [0, 0.05) is 11.3 Å². The summed E-state index contributed by atoms with van der Waals surface area (Å²) in [7, 11) is 0. The highest BCUT2D eigenvalue weighted by Gasteiger charge is 2.22. The average Bonchev–Trinajstić information content (AvgIpc) is 3.52. The first-order chi connectivity index (χ1) is 15.2. The largest absolute Gasteiger partial charge is 0.338 e. The second-order valence-electron chi connectivity index (χ2n) is 7.51. The molecule has 8 nitrogen and oxygen atoms in total. The number of imidazole rings is 1. The summed E-state index contributed by atoms with van der Waals surface area (Å²) in [5.74, 6) is 0.436. The highest BCUT2D eigenvalue weighted by molar-refractivity contribution is 7.99. The summed E-state index contributed by atoms with van der Waals surface area (Å²) in [5.41, 5.74) is 3.01. The molecule has 5 rings (SSSR count). The Balaban J connectivity index is 1.24.